The number of azo groups is 1. The number of carbonyl (C=O) groups is 1. The highest BCUT2D eigenvalue weighted by atomic mass is 16.6. The van der Waals surface area contributed by atoms with Crippen LogP contribution in [0.3, 0.4) is 0 Å². The fraction of sp³-hybridized carbons (Fsp3) is 0.200. The molecule has 0 radical (unpaired) electrons. The lowest BCUT2D eigenvalue weighted by Gasteiger charge is -2.06. The van der Waals surface area contributed by atoms with Gasteiger partial charge in [0, 0.05) is 12.1 Å². The largest absolute Gasteiger partial charge is 0.462 e. The van der Waals surface area contributed by atoms with E-state index in [4.69, 9.17) is 4.74 Å². The minimum absolute atomic E-state index is 0.0488. The van der Waals surface area contributed by atoms with Crippen molar-refractivity contribution >= 4 is 23.0 Å². The second-order valence-corrected chi connectivity index (χ2v) is 6.18. The Balaban J connectivity index is 1.88. The smallest absolute Gasteiger partial charge is 0.338 e. The van der Waals surface area contributed by atoms with Gasteiger partial charge in [-0.3, -0.25) is 10.1 Å². The van der Waals surface area contributed by atoms with E-state index in [-0.39, 0.29) is 11.7 Å². The SMILES string of the molecule is CCOC(=O)c1ccc(-n2nc(C)c(N=Nc3cccc([N+](=O)[O-])c3)c2C)cc1. The van der Waals surface area contributed by atoms with E-state index in [1.54, 1.807) is 54.9 Å². The van der Waals surface area contributed by atoms with Crippen molar-refractivity contribution < 1.29 is 14.5 Å². The maximum Gasteiger partial charge on any atom is 0.338 e. The highest BCUT2D eigenvalue weighted by Gasteiger charge is 2.14. The zero-order valence-corrected chi connectivity index (χ0v) is 16.2. The summed E-state index contributed by atoms with van der Waals surface area (Å²) in [6.45, 7) is 5.72. The molecule has 1 heterocycles. The van der Waals surface area contributed by atoms with Crippen LogP contribution in [0.5, 0.6) is 0 Å². The van der Waals surface area contributed by atoms with Gasteiger partial charge in [-0.05, 0) is 51.1 Å². The zero-order valence-electron chi connectivity index (χ0n) is 16.2. The number of carbonyl (C=O) groups excluding carboxylic acids is 1. The normalized spacial score (nSPS) is 11.0. The zero-order chi connectivity index (χ0) is 21.0. The number of benzene rings is 2. The van der Waals surface area contributed by atoms with E-state index in [1.165, 1.54) is 12.1 Å². The van der Waals surface area contributed by atoms with Crippen LogP contribution in [0.2, 0.25) is 0 Å². The summed E-state index contributed by atoms with van der Waals surface area (Å²) >= 11 is 0. The summed E-state index contributed by atoms with van der Waals surface area (Å²) in [5.74, 6) is -0.376. The average molecular weight is 393 g/mol. The van der Waals surface area contributed by atoms with Crippen LogP contribution in [0.4, 0.5) is 17.1 Å². The molecule has 0 amide bonds. The molecular weight excluding hydrogens is 374 g/mol. The summed E-state index contributed by atoms with van der Waals surface area (Å²) < 4.78 is 6.69. The fourth-order valence-corrected chi connectivity index (χ4v) is 2.76. The lowest BCUT2D eigenvalue weighted by Crippen LogP contribution is -2.05. The van der Waals surface area contributed by atoms with E-state index >= 15 is 0 Å². The first-order valence-corrected chi connectivity index (χ1v) is 8.90. The van der Waals surface area contributed by atoms with Gasteiger partial charge in [-0.2, -0.15) is 10.2 Å². The van der Waals surface area contributed by atoms with E-state index in [0.717, 1.165) is 11.4 Å². The standard InChI is InChI=1S/C20H19N5O4/c1-4-29-20(26)15-8-10-17(11-9-15)24-14(3)19(13(2)23-24)22-21-16-6-5-7-18(12-16)25(27)28/h5-12H,4H2,1-3H3. The molecule has 2 aromatic carbocycles. The summed E-state index contributed by atoms with van der Waals surface area (Å²) in [6.07, 6.45) is 0. The summed E-state index contributed by atoms with van der Waals surface area (Å²) in [4.78, 5) is 22.2. The molecule has 29 heavy (non-hydrogen) atoms. The van der Waals surface area contributed by atoms with E-state index in [1.807, 2.05) is 6.92 Å². The molecule has 3 rings (SSSR count). The minimum atomic E-state index is -0.479. The van der Waals surface area contributed by atoms with E-state index in [9.17, 15) is 14.9 Å². The third kappa shape index (κ3) is 4.34. The summed E-state index contributed by atoms with van der Waals surface area (Å²) in [5.41, 5.74) is 3.53. The highest BCUT2D eigenvalue weighted by Crippen LogP contribution is 2.28. The Morgan fingerprint density at radius 1 is 1.17 bits per heavy atom. The van der Waals surface area contributed by atoms with Gasteiger partial charge in [0.2, 0.25) is 0 Å². The molecule has 148 valence electrons. The number of esters is 1. The van der Waals surface area contributed by atoms with Gasteiger partial charge >= 0.3 is 5.97 Å². The van der Waals surface area contributed by atoms with Crippen molar-refractivity contribution in [1.82, 2.24) is 9.78 Å². The Hall–Kier alpha value is -3.88. The van der Waals surface area contributed by atoms with Crippen molar-refractivity contribution in [3.8, 4) is 5.69 Å². The highest BCUT2D eigenvalue weighted by molar-refractivity contribution is 5.89. The molecule has 0 spiro atoms. The Kier molecular flexibility index (Phi) is 5.77. The van der Waals surface area contributed by atoms with Crippen LogP contribution in [0, 0.1) is 24.0 Å². The van der Waals surface area contributed by atoms with Gasteiger partial charge in [-0.1, -0.05) is 6.07 Å². The molecule has 0 aliphatic rings. The van der Waals surface area contributed by atoms with Crippen molar-refractivity contribution in [2.45, 2.75) is 20.8 Å². The number of aromatic nitrogens is 2. The van der Waals surface area contributed by atoms with Crippen LogP contribution in [0.1, 0.15) is 28.7 Å². The van der Waals surface area contributed by atoms with Crippen molar-refractivity contribution in [3.63, 3.8) is 0 Å². The van der Waals surface area contributed by atoms with Gasteiger partial charge in [-0.15, -0.1) is 5.11 Å². The third-order valence-corrected chi connectivity index (χ3v) is 4.18. The van der Waals surface area contributed by atoms with Crippen molar-refractivity contribution in [2.75, 3.05) is 6.61 Å². The van der Waals surface area contributed by atoms with Crippen LogP contribution >= 0.6 is 0 Å². The van der Waals surface area contributed by atoms with Crippen molar-refractivity contribution in [2.24, 2.45) is 10.2 Å². The second-order valence-electron chi connectivity index (χ2n) is 6.18. The van der Waals surface area contributed by atoms with E-state index in [2.05, 4.69) is 15.3 Å². The summed E-state index contributed by atoms with van der Waals surface area (Å²) in [5, 5.41) is 23.7. The number of nitro groups is 1. The van der Waals surface area contributed by atoms with Crippen LogP contribution in [0.25, 0.3) is 5.69 Å². The number of non-ortho nitro benzene ring substituents is 1. The molecule has 9 nitrogen and oxygen atoms in total. The Bertz CT molecular complexity index is 1090. The molecule has 1 aromatic heterocycles. The van der Waals surface area contributed by atoms with Gasteiger partial charge in [0.15, 0.2) is 0 Å². The topological polar surface area (TPSA) is 112 Å². The number of aryl methyl sites for hydroxylation is 1. The molecule has 0 fully saturated rings. The molecule has 0 saturated heterocycles. The predicted octanol–water partition coefficient (Wildman–Crippen LogP) is 4.99. The van der Waals surface area contributed by atoms with Gasteiger partial charge < -0.3 is 4.74 Å². The molecule has 0 unspecified atom stereocenters. The number of nitro benzene ring substituents is 1. The Morgan fingerprint density at radius 2 is 1.90 bits per heavy atom. The monoisotopic (exact) mass is 393 g/mol. The minimum Gasteiger partial charge on any atom is -0.462 e. The number of rotatable bonds is 6. The number of hydrogen-bond donors (Lipinski definition) is 0. The first-order valence-electron chi connectivity index (χ1n) is 8.90. The number of hydrogen-bond acceptors (Lipinski definition) is 7. The van der Waals surface area contributed by atoms with Crippen LogP contribution in [0.15, 0.2) is 58.8 Å². The first-order chi connectivity index (χ1) is 13.9. The van der Waals surface area contributed by atoms with Gasteiger partial charge in [0.05, 0.1) is 39.9 Å². The maximum atomic E-state index is 11.8. The molecule has 0 N–H and O–H groups in total. The van der Waals surface area contributed by atoms with E-state index in [0.29, 0.717) is 29.2 Å². The van der Waals surface area contributed by atoms with Crippen molar-refractivity contribution in [1.29, 1.82) is 0 Å². The third-order valence-electron chi connectivity index (χ3n) is 4.18. The predicted molar refractivity (Wildman–Crippen MR) is 106 cm³/mol. The van der Waals surface area contributed by atoms with Gasteiger partial charge in [0.1, 0.15) is 5.69 Å². The van der Waals surface area contributed by atoms with Crippen molar-refractivity contribution in [3.05, 3.63) is 75.6 Å². The summed E-state index contributed by atoms with van der Waals surface area (Å²) in [6, 6.07) is 12.8. The summed E-state index contributed by atoms with van der Waals surface area (Å²) in [7, 11) is 0. The van der Waals surface area contributed by atoms with Gasteiger partial charge in [-0.25, -0.2) is 9.48 Å². The molecule has 0 saturated carbocycles. The molecule has 0 bridgehead atoms. The van der Waals surface area contributed by atoms with Crippen LogP contribution < -0.4 is 0 Å². The fourth-order valence-electron chi connectivity index (χ4n) is 2.76. The number of nitrogens with zero attached hydrogens (tertiary/aromatic N) is 5. The molecular formula is C20H19N5O4. The molecule has 3 aromatic rings. The number of ether oxygens (including phenoxy) is 1. The quantitative estimate of drug-likeness (QED) is 0.253. The lowest BCUT2D eigenvalue weighted by atomic mass is 10.2. The van der Waals surface area contributed by atoms with E-state index < -0.39 is 4.92 Å². The molecule has 0 aliphatic heterocycles. The van der Waals surface area contributed by atoms with Crippen LogP contribution in [-0.4, -0.2) is 27.3 Å². The first kappa shape index (κ1) is 19.9. The maximum absolute atomic E-state index is 11.8. The van der Waals surface area contributed by atoms with Gasteiger partial charge in [0.25, 0.3) is 5.69 Å². The Morgan fingerprint density at radius 3 is 2.55 bits per heavy atom. The molecule has 0 aliphatic carbocycles. The average Bonchev–Trinajstić information content (AvgIpc) is 3.00. The van der Waals surface area contributed by atoms with Crippen LogP contribution in [-0.2, 0) is 4.74 Å². The molecule has 9 heteroatoms. The molecule has 0 atom stereocenters. The lowest BCUT2D eigenvalue weighted by molar-refractivity contribution is -0.384. The Labute approximate surface area is 166 Å². The second kappa shape index (κ2) is 8.42.